The van der Waals surface area contributed by atoms with Crippen molar-refractivity contribution in [3.8, 4) is 5.69 Å². The molecule has 6 heteroatoms. The summed E-state index contributed by atoms with van der Waals surface area (Å²) < 4.78 is 3.49. The Bertz CT molecular complexity index is 1390. The van der Waals surface area contributed by atoms with Crippen LogP contribution in [0, 0.1) is 20.8 Å². The monoisotopic (exact) mass is 456 g/mol. The number of nitrogens with one attached hydrogen (secondary N) is 1. The van der Waals surface area contributed by atoms with Crippen LogP contribution in [0.4, 0.5) is 0 Å². The van der Waals surface area contributed by atoms with Gasteiger partial charge in [0.1, 0.15) is 5.65 Å². The summed E-state index contributed by atoms with van der Waals surface area (Å²) in [5.74, 6) is -0.0619. The lowest BCUT2D eigenvalue weighted by atomic mass is 10.0. The third kappa shape index (κ3) is 4.53. The van der Waals surface area contributed by atoms with Crippen molar-refractivity contribution in [2.45, 2.75) is 53.5 Å². The van der Waals surface area contributed by atoms with Gasteiger partial charge in [0.15, 0.2) is 0 Å². The molecule has 0 atom stereocenters. The highest BCUT2D eigenvalue weighted by molar-refractivity contribution is 5.85. The van der Waals surface area contributed by atoms with Gasteiger partial charge in [0.2, 0.25) is 5.91 Å². The lowest BCUT2D eigenvalue weighted by Crippen LogP contribution is -2.27. The minimum atomic E-state index is -0.0822. The predicted octanol–water partition coefficient (Wildman–Crippen LogP) is 4.46. The van der Waals surface area contributed by atoms with Crippen LogP contribution in [0.2, 0.25) is 0 Å². The summed E-state index contributed by atoms with van der Waals surface area (Å²) in [4.78, 5) is 25.8. The average molecular weight is 457 g/mol. The highest BCUT2D eigenvalue weighted by atomic mass is 16.1. The van der Waals surface area contributed by atoms with E-state index in [0.717, 1.165) is 40.0 Å². The van der Waals surface area contributed by atoms with Gasteiger partial charge in [-0.15, -0.1) is 0 Å². The van der Waals surface area contributed by atoms with Gasteiger partial charge in [-0.1, -0.05) is 48.9 Å². The van der Waals surface area contributed by atoms with Gasteiger partial charge in [-0.2, -0.15) is 5.10 Å². The van der Waals surface area contributed by atoms with E-state index in [9.17, 15) is 9.59 Å². The molecule has 0 aliphatic heterocycles. The highest BCUT2D eigenvalue weighted by Crippen LogP contribution is 2.26. The van der Waals surface area contributed by atoms with E-state index in [1.807, 2.05) is 61.9 Å². The molecule has 2 aromatic heterocycles. The fraction of sp³-hybridized carbons (Fsp3) is 0.321. The largest absolute Gasteiger partial charge is 0.352 e. The van der Waals surface area contributed by atoms with Crippen LogP contribution in [-0.4, -0.2) is 20.3 Å². The zero-order chi connectivity index (χ0) is 24.4. The molecule has 6 nitrogen and oxygen atoms in total. The quantitative estimate of drug-likeness (QED) is 0.446. The van der Waals surface area contributed by atoms with Crippen molar-refractivity contribution in [1.82, 2.24) is 19.7 Å². The molecule has 34 heavy (non-hydrogen) atoms. The third-order valence-electron chi connectivity index (χ3n) is 6.55. The standard InChI is InChI=1S/C28H32N4O2/c1-6-21-9-11-22(12-10-21)17-29-25(33)16-15-24-19(3)26-20(4)30-32(27(26)31(5)28(24)34)23-13-7-18(2)8-14-23/h7-14H,6,15-17H2,1-5H3,(H,29,33). The number of aromatic nitrogens is 3. The zero-order valence-corrected chi connectivity index (χ0v) is 20.6. The number of carbonyl (C=O) groups excluding carboxylic acids is 1. The van der Waals surface area contributed by atoms with Crippen LogP contribution < -0.4 is 10.9 Å². The first-order chi connectivity index (χ1) is 16.3. The molecule has 0 fully saturated rings. The minimum Gasteiger partial charge on any atom is -0.352 e. The van der Waals surface area contributed by atoms with E-state index < -0.39 is 0 Å². The van der Waals surface area contributed by atoms with Crippen LogP contribution in [0.25, 0.3) is 16.7 Å². The van der Waals surface area contributed by atoms with Gasteiger partial charge in [-0.25, -0.2) is 4.68 Å². The van der Waals surface area contributed by atoms with Gasteiger partial charge < -0.3 is 5.32 Å². The number of amides is 1. The average Bonchev–Trinajstić information content (AvgIpc) is 3.19. The molecule has 1 N–H and O–H groups in total. The predicted molar refractivity (Wildman–Crippen MR) is 137 cm³/mol. The molecule has 4 aromatic rings. The Balaban J connectivity index is 1.56. The van der Waals surface area contributed by atoms with Crippen LogP contribution in [0.3, 0.4) is 0 Å². The molecule has 176 valence electrons. The van der Waals surface area contributed by atoms with Crippen LogP contribution in [0.15, 0.2) is 53.3 Å². The van der Waals surface area contributed by atoms with E-state index in [1.54, 1.807) is 11.6 Å². The maximum absolute atomic E-state index is 13.3. The normalized spacial score (nSPS) is 11.2. The minimum absolute atomic E-state index is 0.0619. The molecule has 0 spiro atoms. The zero-order valence-electron chi connectivity index (χ0n) is 20.6. The second-order valence-electron chi connectivity index (χ2n) is 8.95. The van der Waals surface area contributed by atoms with Gasteiger partial charge in [0.25, 0.3) is 5.56 Å². The molecular formula is C28H32N4O2. The fourth-order valence-corrected chi connectivity index (χ4v) is 4.45. The SMILES string of the molecule is CCc1ccc(CNC(=O)CCc2c(C)c3c(C)nn(-c4ccc(C)cc4)c3n(C)c2=O)cc1. The Hall–Kier alpha value is -3.67. The molecule has 0 saturated heterocycles. The maximum atomic E-state index is 13.3. The second-order valence-corrected chi connectivity index (χ2v) is 8.95. The van der Waals surface area contributed by atoms with Crippen LogP contribution in [0.1, 0.15) is 46.9 Å². The smallest absolute Gasteiger partial charge is 0.255 e. The van der Waals surface area contributed by atoms with Gasteiger partial charge in [0, 0.05) is 31.0 Å². The first kappa shape index (κ1) is 23.5. The van der Waals surface area contributed by atoms with Crippen molar-refractivity contribution in [3.63, 3.8) is 0 Å². The summed E-state index contributed by atoms with van der Waals surface area (Å²) in [5.41, 5.74) is 7.55. The number of aryl methyl sites for hydroxylation is 5. The van der Waals surface area contributed by atoms with Crippen molar-refractivity contribution in [3.05, 3.63) is 92.4 Å². The van der Waals surface area contributed by atoms with Crippen LogP contribution in [-0.2, 0) is 31.2 Å². The Labute approximate surface area is 200 Å². The molecule has 2 heterocycles. The summed E-state index contributed by atoms with van der Waals surface area (Å²) >= 11 is 0. The van der Waals surface area contributed by atoms with E-state index in [4.69, 9.17) is 5.10 Å². The number of nitrogens with zero attached hydrogens (tertiary/aromatic N) is 3. The van der Waals surface area contributed by atoms with E-state index >= 15 is 0 Å². The van der Waals surface area contributed by atoms with Crippen molar-refractivity contribution in [1.29, 1.82) is 0 Å². The lowest BCUT2D eigenvalue weighted by molar-refractivity contribution is -0.121. The molecule has 1 amide bonds. The van der Waals surface area contributed by atoms with Gasteiger partial charge in [0.05, 0.1) is 11.4 Å². The Morgan fingerprint density at radius 3 is 2.26 bits per heavy atom. The van der Waals surface area contributed by atoms with E-state index in [2.05, 4.69) is 24.4 Å². The Morgan fingerprint density at radius 2 is 1.62 bits per heavy atom. The highest BCUT2D eigenvalue weighted by Gasteiger charge is 2.20. The number of fused-ring (bicyclic) bond motifs is 1. The Kier molecular flexibility index (Phi) is 6.68. The third-order valence-corrected chi connectivity index (χ3v) is 6.55. The van der Waals surface area contributed by atoms with Crippen molar-refractivity contribution in [2.75, 3.05) is 0 Å². The van der Waals surface area contributed by atoms with Crippen LogP contribution in [0.5, 0.6) is 0 Å². The molecule has 4 rings (SSSR count). The molecule has 2 aromatic carbocycles. The van der Waals surface area contributed by atoms with Crippen molar-refractivity contribution < 1.29 is 4.79 Å². The van der Waals surface area contributed by atoms with Crippen molar-refractivity contribution in [2.24, 2.45) is 7.05 Å². The number of rotatable bonds is 7. The van der Waals surface area contributed by atoms with Crippen LogP contribution >= 0.6 is 0 Å². The summed E-state index contributed by atoms with van der Waals surface area (Å²) in [5, 5.41) is 8.68. The number of benzene rings is 2. The number of carbonyl (C=O) groups is 1. The summed E-state index contributed by atoms with van der Waals surface area (Å²) in [6, 6.07) is 16.3. The summed E-state index contributed by atoms with van der Waals surface area (Å²) in [6.07, 6.45) is 1.65. The van der Waals surface area contributed by atoms with E-state index in [1.165, 1.54) is 11.1 Å². The molecule has 0 radical (unpaired) electrons. The molecule has 0 unspecified atom stereocenters. The van der Waals surface area contributed by atoms with E-state index in [-0.39, 0.29) is 17.9 Å². The topological polar surface area (TPSA) is 68.9 Å². The Morgan fingerprint density at radius 1 is 0.971 bits per heavy atom. The maximum Gasteiger partial charge on any atom is 0.255 e. The van der Waals surface area contributed by atoms with Gasteiger partial charge in [-0.05, 0) is 62.4 Å². The first-order valence-corrected chi connectivity index (χ1v) is 11.8. The molecular weight excluding hydrogens is 424 g/mol. The van der Waals surface area contributed by atoms with E-state index in [0.29, 0.717) is 18.5 Å². The van der Waals surface area contributed by atoms with Gasteiger partial charge in [-0.3, -0.25) is 14.2 Å². The second kappa shape index (κ2) is 9.67. The molecule has 0 aliphatic carbocycles. The molecule has 0 saturated carbocycles. The number of pyridine rings is 1. The summed E-state index contributed by atoms with van der Waals surface area (Å²) in [7, 11) is 1.78. The molecule has 0 bridgehead atoms. The van der Waals surface area contributed by atoms with Crippen molar-refractivity contribution >= 4 is 16.9 Å². The first-order valence-electron chi connectivity index (χ1n) is 11.8. The summed E-state index contributed by atoms with van der Waals surface area (Å²) in [6.45, 7) is 8.57. The van der Waals surface area contributed by atoms with Gasteiger partial charge >= 0.3 is 0 Å². The fourth-order valence-electron chi connectivity index (χ4n) is 4.45. The number of hydrogen-bond donors (Lipinski definition) is 1. The molecule has 0 aliphatic rings. The lowest BCUT2D eigenvalue weighted by Gasteiger charge is -2.13. The number of hydrogen-bond acceptors (Lipinski definition) is 3.